The Morgan fingerprint density at radius 1 is 1.44 bits per heavy atom. The number of benzene rings is 1. The van der Waals surface area contributed by atoms with Crippen LogP contribution in [0.1, 0.15) is 16.8 Å². The fraction of sp³-hybridized carbons (Fsp3) is 0.364. The van der Waals surface area contributed by atoms with Crippen molar-refractivity contribution >= 4 is 21.5 Å². The van der Waals surface area contributed by atoms with Crippen LogP contribution in [0, 0.1) is 5.82 Å². The summed E-state index contributed by atoms with van der Waals surface area (Å²) in [4.78, 5) is 11.5. The van der Waals surface area contributed by atoms with E-state index in [0.29, 0.717) is 0 Å². The number of hydrogen-bond acceptors (Lipinski definition) is 5. The van der Waals surface area contributed by atoms with Crippen LogP contribution in [-0.2, 0) is 14.6 Å². The SMILES string of the molecule is CS(=O)(=O)CCCOC(=O)c1ccc(F)cc1N. The predicted octanol–water partition coefficient (Wildman–Crippen LogP) is 0.999. The van der Waals surface area contributed by atoms with E-state index in [1.54, 1.807) is 0 Å². The summed E-state index contributed by atoms with van der Waals surface area (Å²) in [6.07, 6.45) is 1.32. The number of hydrogen-bond donors (Lipinski definition) is 1. The maximum atomic E-state index is 12.7. The molecule has 2 N–H and O–H groups in total. The maximum Gasteiger partial charge on any atom is 0.340 e. The van der Waals surface area contributed by atoms with Crippen LogP contribution >= 0.6 is 0 Å². The molecule has 5 nitrogen and oxygen atoms in total. The van der Waals surface area contributed by atoms with Gasteiger partial charge in [0.15, 0.2) is 0 Å². The maximum absolute atomic E-state index is 12.7. The standard InChI is InChI=1S/C11H14FNO4S/c1-18(15,16)6-2-5-17-11(14)9-4-3-8(12)7-10(9)13/h3-4,7H,2,5-6,13H2,1H3. The van der Waals surface area contributed by atoms with Crippen molar-refractivity contribution in [2.75, 3.05) is 24.3 Å². The van der Waals surface area contributed by atoms with Crippen molar-refractivity contribution in [1.29, 1.82) is 0 Å². The van der Waals surface area contributed by atoms with E-state index in [1.165, 1.54) is 6.07 Å². The molecule has 0 fully saturated rings. The van der Waals surface area contributed by atoms with Crippen LogP contribution in [-0.4, -0.2) is 33.0 Å². The highest BCUT2D eigenvalue weighted by Gasteiger charge is 2.12. The molecule has 1 rings (SSSR count). The third-order valence-corrected chi connectivity index (χ3v) is 3.16. The van der Waals surface area contributed by atoms with Crippen LogP contribution < -0.4 is 5.73 Å². The zero-order valence-corrected chi connectivity index (χ0v) is 10.7. The number of carbonyl (C=O) groups is 1. The molecule has 0 atom stereocenters. The molecular formula is C11H14FNO4S. The molecule has 0 heterocycles. The van der Waals surface area contributed by atoms with Gasteiger partial charge in [-0.15, -0.1) is 0 Å². The van der Waals surface area contributed by atoms with E-state index < -0.39 is 21.6 Å². The number of esters is 1. The van der Waals surface area contributed by atoms with E-state index in [2.05, 4.69) is 0 Å². The lowest BCUT2D eigenvalue weighted by Gasteiger charge is -2.06. The summed E-state index contributed by atoms with van der Waals surface area (Å²) < 4.78 is 39.3. The van der Waals surface area contributed by atoms with E-state index in [-0.39, 0.29) is 30.0 Å². The van der Waals surface area contributed by atoms with Crippen molar-refractivity contribution in [3.63, 3.8) is 0 Å². The monoisotopic (exact) mass is 275 g/mol. The third-order valence-electron chi connectivity index (χ3n) is 2.13. The smallest absolute Gasteiger partial charge is 0.340 e. The van der Waals surface area contributed by atoms with Gasteiger partial charge in [-0.2, -0.15) is 0 Å². The lowest BCUT2D eigenvalue weighted by molar-refractivity contribution is 0.0507. The highest BCUT2D eigenvalue weighted by Crippen LogP contribution is 2.14. The zero-order chi connectivity index (χ0) is 13.8. The number of nitrogens with two attached hydrogens (primary N) is 1. The Morgan fingerprint density at radius 2 is 2.11 bits per heavy atom. The number of rotatable bonds is 5. The number of nitrogen functional groups attached to an aromatic ring is 1. The zero-order valence-electron chi connectivity index (χ0n) is 9.85. The van der Waals surface area contributed by atoms with E-state index in [4.69, 9.17) is 10.5 Å². The Bertz CT molecular complexity index is 542. The van der Waals surface area contributed by atoms with Gasteiger partial charge in [-0.05, 0) is 24.6 Å². The van der Waals surface area contributed by atoms with Gasteiger partial charge in [0, 0.05) is 11.9 Å². The lowest BCUT2D eigenvalue weighted by Crippen LogP contribution is -2.12. The molecule has 0 aromatic heterocycles. The Kier molecular flexibility index (Phi) is 4.66. The molecule has 7 heteroatoms. The van der Waals surface area contributed by atoms with Crippen LogP contribution in [0.2, 0.25) is 0 Å². The van der Waals surface area contributed by atoms with Crippen molar-refractivity contribution in [2.45, 2.75) is 6.42 Å². The first-order valence-electron chi connectivity index (χ1n) is 5.19. The van der Waals surface area contributed by atoms with Gasteiger partial charge in [0.25, 0.3) is 0 Å². The molecule has 0 aliphatic heterocycles. The first-order chi connectivity index (χ1) is 8.29. The summed E-state index contributed by atoms with van der Waals surface area (Å²) in [5, 5.41) is 0. The molecule has 0 radical (unpaired) electrons. The molecule has 1 aromatic carbocycles. The predicted molar refractivity (Wildman–Crippen MR) is 65.4 cm³/mol. The van der Waals surface area contributed by atoms with E-state index in [9.17, 15) is 17.6 Å². The number of carbonyl (C=O) groups excluding carboxylic acids is 1. The second-order valence-electron chi connectivity index (χ2n) is 3.85. The van der Waals surface area contributed by atoms with Gasteiger partial charge in [-0.1, -0.05) is 0 Å². The summed E-state index contributed by atoms with van der Waals surface area (Å²) in [7, 11) is -3.07. The van der Waals surface area contributed by atoms with Gasteiger partial charge < -0.3 is 10.5 Å². The highest BCUT2D eigenvalue weighted by atomic mass is 32.2. The van der Waals surface area contributed by atoms with Crippen LogP contribution in [0.15, 0.2) is 18.2 Å². The Labute approximate surface area is 105 Å². The summed E-state index contributed by atoms with van der Waals surface area (Å²) >= 11 is 0. The molecule has 18 heavy (non-hydrogen) atoms. The van der Waals surface area contributed by atoms with Crippen LogP contribution in [0.4, 0.5) is 10.1 Å². The molecule has 0 bridgehead atoms. The molecule has 0 saturated heterocycles. The van der Waals surface area contributed by atoms with Crippen LogP contribution in [0.5, 0.6) is 0 Å². The fourth-order valence-electron chi connectivity index (χ4n) is 1.28. The van der Waals surface area contributed by atoms with Gasteiger partial charge in [-0.25, -0.2) is 17.6 Å². The van der Waals surface area contributed by atoms with Gasteiger partial charge in [0.05, 0.1) is 17.9 Å². The van der Waals surface area contributed by atoms with Crippen molar-refractivity contribution in [2.24, 2.45) is 0 Å². The normalized spacial score (nSPS) is 11.2. The molecule has 0 saturated carbocycles. The molecule has 1 aromatic rings. The summed E-state index contributed by atoms with van der Waals surface area (Å²) in [5.41, 5.74) is 5.51. The van der Waals surface area contributed by atoms with Crippen molar-refractivity contribution in [3.05, 3.63) is 29.6 Å². The van der Waals surface area contributed by atoms with Crippen LogP contribution in [0.25, 0.3) is 0 Å². The van der Waals surface area contributed by atoms with E-state index >= 15 is 0 Å². The van der Waals surface area contributed by atoms with E-state index in [0.717, 1.165) is 18.4 Å². The van der Waals surface area contributed by atoms with Crippen molar-refractivity contribution in [3.8, 4) is 0 Å². The molecule has 100 valence electrons. The van der Waals surface area contributed by atoms with Gasteiger partial charge in [0.1, 0.15) is 15.7 Å². The van der Waals surface area contributed by atoms with Crippen molar-refractivity contribution in [1.82, 2.24) is 0 Å². The third kappa shape index (κ3) is 4.70. The van der Waals surface area contributed by atoms with Crippen molar-refractivity contribution < 1.29 is 22.3 Å². The quantitative estimate of drug-likeness (QED) is 0.492. The second-order valence-corrected chi connectivity index (χ2v) is 6.11. The summed E-state index contributed by atoms with van der Waals surface area (Å²) in [6.45, 7) is -0.0251. The first kappa shape index (κ1) is 14.4. The Hall–Kier alpha value is -1.63. The summed E-state index contributed by atoms with van der Waals surface area (Å²) in [5.74, 6) is -1.29. The second kappa shape index (κ2) is 5.81. The molecule has 0 spiro atoms. The van der Waals surface area contributed by atoms with E-state index in [1.807, 2.05) is 0 Å². The van der Waals surface area contributed by atoms with Gasteiger partial charge >= 0.3 is 5.97 Å². The number of anilines is 1. The minimum atomic E-state index is -3.07. The van der Waals surface area contributed by atoms with Crippen LogP contribution in [0.3, 0.4) is 0 Å². The highest BCUT2D eigenvalue weighted by molar-refractivity contribution is 7.90. The largest absolute Gasteiger partial charge is 0.462 e. The molecule has 0 amide bonds. The molecular weight excluding hydrogens is 261 g/mol. The molecule has 0 aliphatic carbocycles. The Morgan fingerprint density at radius 3 is 2.67 bits per heavy atom. The number of ether oxygens (including phenoxy) is 1. The fourth-order valence-corrected chi connectivity index (χ4v) is 1.93. The van der Waals surface area contributed by atoms with Gasteiger partial charge in [0.2, 0.25) is 0 Å². The van der Waals surface area contributed by atoms with Gasteiger partial charge in [-0.3, -0.25) is 0 Å². The first-order valence-corrected chi connectivity index (χ1v) is 7.25. The average Bonchev–Trinajstić information content (AvgIpc) is 2.22. The molecule has 0 unspecified atom stereocenters. The number of sulfone groups is 1. The topological polar surface area (TPSA) is 86.5 Å². The average molecular weight is 275 g/mol. The Balaban J connectivity index is 2.51. The minimum Gasteiger partial charge on any atom is -0.462 e. The lowest BCUT2D eigenvalue weighted by atomic mass is 10.2. The summed E-state index contributed by atoms with van der Waals surface area (Å²) in [6, 6.07) is 3.35. The minimum absolute atomic E-state index is 0.0110. The number of halogens is 1. The molecule has 0 aliphatic rings.